The summed E-state index contributed by atoms with van der Waals surface area (Å²) in [7, 11) is 12.2. The Balaban J connectivity index is -0.0000000349. The third kappa shape index (κ3) is 158. The highest BCUT2D eigenvalue weighted by molar-refractivity contribution is 5.94. The first kappa shape index (κ1) is 173. The van der Waals surface area contributed by atoms with Crippen molar-refractivity contribution >= 4 is 91.5 Å². The van der Waals surface area contributed by atoms with Crippen molar-refractivity contribution in [3.8, 4) is 0 Å². The molecular formula is C77H172N14O15. The zero-order valence-electron chi connectivity index (χ0n) is 72.6. The van der Waals surface area contributed by atoms with Crippen molar-refractivity contribution in [1.82, 2.24) is 44.6 Å². The van der Waals surface area contributed by atoms with E-state index < -0.39 is 24.0 Å². The molecule has 1 aliphatic rings. The summed E-state index contributed by atoms with van der Waals surface area (Å²) < 4.78 is 0. The van der Waals surface area contributed by atoms with Gasteiger partial charge in [-0.3, -0.25) is 19.2 Å². The summed E-state index contributed by atoms with van der Waals surface area (Å²) in [5.74, 6) is 1.52. The highest BCUT2D eigenvalue weighted by atomic mass is 16.3. The summed E-state index contributed by atoms with van der Waals surface area (Å²) in [5.41, 5.74) is 30.2. The lowest BCUT2D eigenvalue weighted by Gasteiger charge is -2.35. The fourth-order valence-electron chi connectivity index (χ4n) is 5.55. The van der Waals surface area contributed by atoms with Crippen LogP contribution in [0.25, 0.3) is 0 Å². The minimum absolute atomic E-state index is 0. The third-order valence-corrected chi connectivity index (χ3v) is 10.2. The maximum absolute atomic E-state index is 13.9. The number of aliphatic hydroxyl groups excluding tert-OH is 1. The van der Waals surface area contributed by atoms with E-state index in [0.29, 0.717) is 19.5 Å². The molecule has 0 bridgehead atoms. The number of aliphatic hydroxyl groups is 1. The number of carbonyl (C=O) groups is 14. The molecule has 0 radical (unpaired) electrons. The average molecular weight is 1530 g/mol. The molecule has 1 heterocycles. The monoisotopic (exact) mass is 1530 g/mol. The Morgan fingerprint density at radius 2 is 0.623 bits per heavy atom. The molecule has 640 valence electrons. The lowest BCUT2D eigenvalue weighted by molar-refractivity contribution is -0.147. The number of nitrogens with zero attached hydrogens (tertiary/aromatic N) is 3. The molecule has 3 aromatic carbocycles. The van der Waals surface area contributed by atoms with E-state index in [1.54, 1.807) is 39.8 Å². The molecule has 29 nitrogen and oxygen atoms in total. The zero-order chi connectivity index (χ0) is 87.2. The Kier molecular flexibility index (Phi) is 306. The highest BCUT2D eigenvalue weighted by Crippen LogP contribution is 2.17. The first-order valence-electron chi connectivity index (χ1n) is 33.4. The number of benzene rings is 3. The molecular weight excluding hydrogens is 1360 g/mol. The number of carbonyl (C=O) groups excluding carboxylic acids is 14. The molecule has 29 heteroatoms. The standard InChI is InChI=1S/C30H40N4O4.C8H10.2C5H12.C4H10.C3H8O.3C2H6.6CH5N.10CH2O.4H3N/c1-22(29(37)34-18-12-7-13-19-34)31-28(36)26(20-24-14-8-5-9-15-24)33(4)30(38)27(32(3)23(2)35)21-25-16-10-6-11-17-25;1-2-8-6-4-3-5-7-8;2*1-4-5(2)3;1-4(2)3;1-3(2)4;19*1-2;;;;/h5-6,8-11,14-17,22,26-27H,7,12-13,18-21H2,1-4H3,(H,31,36);3-7H,2H2,1H3;2*5H,4H2,1-3H3;4H,1-3H3;3-4H,1-2H3;3*1-2H3;6*2H2,1H3;10*1H2;4*1H3/t22-,26-,27-;;;;;;;;;;;;;;;;;;;;;;;;;;;;/m0............................/s1. The van der Waals surface area contributed by atoms with Gasteiger partial charge in [-0.15, -0.1) is 0 Å². The quantitative estimate of drug-likeness (QED) is 0.0756. The molecule has 0 aliphatic carbocycles. The van der Waals surface area contributed by atoms with Gasteiger partial charge in [-0.2, -0.15) is 0 Å². The lowest BCUT2D eigenvalue weighted by atomic mass is 10.00. The van der Waals surface area contributed by atoms with Crippen molar-refractivity contribution in [3.63, 3.8) is 0 Å². The van der Waals surface area contributed by atoms with Gasteiger partial charge in [0.05, 0.1) is 0 Å². The van der Waals surface area contributed by atoms with Crippen molar-refractivity contribution in [3.05, 3.63) is 108 Å². The molecule has 0 unspecified atom stereocenters. The fraction of sp³-hybridized carbons (Fsp3) is 0.584. The van der Waals surface area contributed by atoms with Gasteiger partial charge in [0.25, 0.3) is 0 Å². The van der Waals surface area contributed by atoms with Gasteiger partial charge in [0.1, 0.15) is 86.0 Å². The van der Waals surface area contributed by atoms with E-state index in [4.69, 9.17) is 53.1 Å². The van der Waals surface area contributed by atoms with Crippen molar-refractivity contribution in [2.75, 3.05) is 69.5 Å². The number of hydrogen-bond donors (Lipinski definition) is 12. The predicted octanol–water partition coefficient (Wildman–Crippen LogP) is 10.4. The van der Waals surface area contributed by atoms with Gasteiger partial charge < -0.3 is 132 Å². The van der Waals surface area contributed by atoms with Crippen LogP contribution >= 0.6 is 0 Å². The number of aryl methyl sites for hydroxylation is 1. The number of amides is 4. The summed E-state index contributed by atoms with van der Waals surface area (Å²) in [6, 6.07) is 27.1. The van der Waals surface area contributed by atoms with E-state index in [9.17, 15) is 19.2 Å². The van der Waals surface area contributed by atoms with Gasteiger partial charge in [-0.05, 0) is 123 Å². The van der Waals surface area contributed by atoms with Crippen molar-refractivity contribution in [2.24, 2.45) is 52.2 Å². The molecule has 106 heavy (non-hydrogen) atoms. The minimum atomic E-state index is -0.861. The summed E-state index contributed by atoms with van der Waals surface area (Å²) in [6.07, 6.45) is 7.22. The summed E-state index contributed by atoms with van der Waals surface area (Å²) in [5, 5.41) is 10.9. The van der Waals surface area contributed by atoms with Crippen LogP contribution in [0.5, 0.6) is 0 Å². The van der Waals surface area contributed by atoms with Crippen molar-refractivity contribution in [2.45, 2.75) is 214 Å². The molecule has 26 N–H and O–H groups in total. The molecule has 3 atom stereocenters. The number of hydrogen-bond acceptors (Lipinski definition) is 25. The number of nitrogens with two attached hydrogens (primary N) is 6. The number of likely N-dealkylation sites (tertiary alicyclic amines) is 1. The Labute approximate surface area is 649 Å². The van der Waals surface area contributed by atoms with E-state index in [1.807, 2.05) is 176 Å². The number of rotatable bonds is 13. The summed E-state index contributed by atoms with van der Waals surface area (Å²) in [4.78, 5) is 137. The van der Waals surface area contributed by atoms with Crippen LogP contribution in [0.4, 0.5) is 0 Å². The third-order valence-electron chi connectivity index (χ3n) is 10.2. The van der Waals surface area contributed by atoms with Crippen LogP contribution in [-0.4, -0.2) is 205 Å². The molecule has 1 saturated heterocycles. The van der Waals surface area contributed by atoms with Crippen LogP contribution in [0.3, 0.4) is 0 Å². The fourth-order valence-corrected chi connectivity index (χ4v) is 5.55. The predicted molar refractivity (Wildman–Crippen MR) is 457 cm³/mol. The van der Waals surface area contributed by atoms with Crippen molar-refractivity contribution in [1.29, 1.82) is 0 Å². The van der Waals surface area contributed by atoms with E-state index in [0.717, 1.165) is 54.6 Å². The second-order valence-electron chi connectivity index (χ2n) is 18.4. The van der Waals surface area contributed by atoms with E-state index >= 15 is 0 Å². The first-order valence-corrected chi connectivity index (χ1v) is 33.4. The Hall–Kier alpha value is -8.20. The Morgan fingerprint density at radius 1 is 0.415 bits per heavy atom. The van der Waals surface area contributed by atoms with Gasteiger partial charge in [-0.1, -0.05) is 215 Å². The normalized spacial score (nSPS) is 8.76. The highest BCUT2D eigenvalue weighted by Gasteiger charge is 2.36. The zero-order valence-corrected chi connectivity index (χ0v) is 72.6. The van der Waals surface area contributed by atoms with E-state index in [2.05, 4.69) is 133 Å². The second kappa shape index (κ2) is 188. The van der Waals surface area contributed by atoms with Gasteiger partial charge in [0.2, 0.25) is 23.6 Å². The smallest absolute Gasteiger partial charge is 0.246 e. The number of nitrogens with one attached hydrogen (secondary N) is 1. The largest absolute Gasteiger partial charge is 0.394 e. The van der Waals surface area contributed by atoms with Crippen LogP contribution in [-0.2, 0) is 86.4 Å². The second-order valence-corrected chi connectivity index (χ2v) is 18.4. The average Bonchev–Trinajstić information content (AvgIpc) is 0.823. The van der Waals surface area contributed by atoms with Crippen LogP contribution in [0.15, 0.2) is 91.0 Å². The number of piperidine rings is 1. The van der Waals surface area contributed by atoms with E-state index in [-0.39, 0.29) is 54.8 Å². The topological polar surface area (TPSA) is 577 Å². The molecule has 0 saturated carbocycles. The summed E-state index contributed by atoms with van der Waals surface area (Å²) >= 11 is 0. The maximum Gasteiger partial charge on any atom is 0.246 e. The molecule has 1 fully saturated rings. The molecule has 3 aromatic rings. The van der Waals surface area contributed by atoms with Gasteiger partial charge in [0, 0.05) is 53.1 Å². The van der Waals surface area contributed by atoms with Crippen LogP contribution in [0.2, 0.25) is 0 Å². The molecule has 0 aromatic heterocycles. The van der Waals surface area contributed by atoms with Crippen molar-refractivity contribution < 1.29 is 72.2 Å². The van der Waals surface area contributed by atoms with Crippen LogP contribution in [0, 0.1) is 17.8 Å². The molecule has 0 spiro atoms. The van der Waals surface area contributed by atoms with Gasteiger partial charge in [0.15, 0.2) is 0 Å². The van der Waals surface area contributed by atoms with Crippen LogP contribution < -0.4 is 64.3 Å². The maximum atomic E-state index is 13.9. The van der Waals surface area contributed by atoms with Gasteiger partial charge in [-0.25, -0.2) is 0 Å². The molecule has 4 amide bonds. The molecule has 1 aliphatic heterocycles. The summed E-state index contributed by atoms with van der Waals surface area (Å²) in [6.45, 7) is 61.9. The van der Waals surface area contributed by atoms with Gasteiger partial charge >= 0.3 is 0 Å². The Bertz CT molecular complexity index is 1800. The lowest BCUT2D eigenvalue weighted by Crippen LogP contribution is -2.58. The van der Waals surface area contributed by atoms with Crippen LogP contribution in [0.1, 0.15) is 187 Å². The minimum Gasteiger partial charge on any atom is -0.394 e. The molecule has 4 rings (SSSR count). The SMILES string of the molecule is C=O.C=O.C=O.C=O.C=O.C=O.C=O.C=O.C=O.C=O.CC.CC.CC.CC(=O)N(C)[C@@H](Cc1ccccc1)C(=O)N(C)[C@@H](Cc1ccccc1)C(=O)N[C@@H](C)C(=O)N1CCCCC1.CC(C)C.CC(C)O.CCC(C)C.CCC(C)C.CCc1ccccc1.CN.CN.CN.CN.CN.CN.N.N.N.N. The van der Waals surface area contributed by atoms with E-state index in [1.165, 1.54) is 77.4 Å². The first-order chi connectivity index (χ1) is 49.1. The Morgan fingerprint density at radius 3 is 0.811 bits per heavy atom. The number of likely N-dealkylation sites (N-methyl/N-ethyl adjacent to an activating group) is 2.